The molecule has 148 valence electrons. The Hall–Kier alpha value is -3.19. The van der Waals surface area contributed by atoms with Crippen LogP contribution in [-0.2, 0) is 4.74 Å². The number of nitrogens with zero attached hydrogens (tertiary/aromatic N) is 4. The second-order valence-corrected chi connectivity index (χ2v) is 7.56. The zero-order valence-electron chi connectivity index (χ0n) is 16.6. The minimum absolute atomic E-state index is 0.251. The predicted molar refractivity (Wildman–Crippen MR) is 114 cm³/mol. The molecule has 4 aromatic rings. The lowest BCUT2D eigenvalue weighted by Gasteiger charge is -2.28. The maximum absolute atomic E-state index is 5.50. The van der Waals surface area contributed by atoms with E-state index in [1.807, 2.05) is 18.3 Å². The summed E-state index contributed by atoms with van der Waals surface area (Å²) in [5.41, 5.74) is 4.68. The van der Waals surface area contributed by atoms with Crippen molar-refractivity contribution in [2.45, 2.75) is 19.8 Å². The van der Waals surface area contributed by atoms with Gasteiger partial charge < -0.3 is 19.5 Å². The van der Waals surface area contributed by atoms with Gasteiger partial charge in [-0.25, -0.2) is 9.97 Å². The molecular formula is C22H23N5O2. The summed E-state index contributed by atoms with van der Waals surface area (Å²) in [5.74, 6) is 0.806. The van der Waals surface area contributed by atoms with Crippen LogP contribution in [0.25, 0.3) is 21.9 Å². The number of ether oxygens (including phenoxy) is 1. The van der Waals surface area contributed by atoms with Gasteiger partial charge in [-0.3, -0.25) is 0 Å². The summed E-state index contributed by atoms with van der Waals surface area (Å²) in [6.07, 6.45) is 1.84. The fourth-order valence-corrected chi connectivity index (χ4v) is 3.71. The van der Waals surface area contributed by atoms with Crippen molar-refractivity contribution < 1.29 is 9.26 Å². The van der Waals surface area contributed by atoms with Crippen LogP contribution in [0.1, 0.15) is 25.5 Å². The van der Waals surface area contributed by atoms with Gasteiger partial charge in [-0.05, 0) is 42.3 Å². The highest BCUT2D eigenvalue weighted by molar-refractivity contribution is 6.04. The Morgan fingerprint density at radius 2 is 1.83 bits per heavy atom. The number of fused-ring (bicyclic) bond motifs is 3. The summed E-state index contributed by atoms with van der Waals surface area (Å²) in [7, 11) is 0. The van der Waals surface area contributed by atoms with Crippen LogP contribution < -0.4 is 10.2 Å². The Bertz CT molecular complexity index is 1150. The van der Waals surface area contributed by atoms with Crippen LogP contribution in [0.5, 0.6) is 0 Å². The molecule has 0 amide bonds. The van der Waals surface area contributed by atoms with Crippen LogP contribution in [0, 0.1) is 0 Å². The van der Waals surface area contributed by atoms with Crippen LogP contribution in [0.2, 0.25) is 0 Å². The monoisotopic (exact) mass is 389 g/mol. The number of hydrogen-bond acceptors (Lipinski definition) is 7. The molecule has 1 fully saturated rings. The van der Waals surface area contributed by atoms with Gasteiger partial charge in [-0.2, -0.15) is 0 Å². The number of morpholine rings is 1. The van der Waals surface area contributed by atoms with Crippen LogP contribution in [0.15, 0.2) is 47.1 Å². The zero-order valence-corrected chi connectivity index (χ0v) is 16.6. The number of hydrogen-bond donors (Lipinski definition) is 1. The molecule has 0 spiro atoms. The third kappa shape index (κ3) is 3.38. The highest BCUT2D eigenvalue weighted by Crippen LogP contribution is 2.31. The maximum atomic E-state index is 5.50. The van der Waals surface area contributed by atoms with Gasteiger partial charge in [0.2, 0.25) is 5.95 Å². The molecule has 7 heteroatoms. The van der Waals surface area contributed by atoms with Crippen molar-refractivity contribution in [3.63, 3.8) is 0 Å². The second-order valence-electron chi connectivity index (χ2n) is 7.56. The predicted octanol–water partition coefficient (Wildman–Crippen LogP) is 4.47. The first-order valence-corrected chi connectivity index (χ1v) is 9.94. The first kappa shape index (κ1) is 17.9. The first-order valence-electron chi connectivity index (χ1n) is 9.94. The van der Waals surface area contributed by atoms with E-state index in [0.29, 0.717) is 5.95 Å². The van der Waals surface area contributed by atoms with Crippen molar-refractivity contribution in [1.82, 2.24) is 15.1 Å². The highest BCUT2D eigenvalue weighted by Gasteiger charge is 2.16. The van der Waals surface area contributed by atoms with Crippen molar-refractivity contribution >= 4 is 39.2 Å². The molecule has 0 atom stereocenters. The Morgan fingerprint density at radius 1 is 1.03 bits per heavy atom. The normalized spacial score (nSPS) is 14.8. The molecule has 29 heavy (non-hydrogen) atoms. The van der Waals surface area contributed by atoms with Crippen molar-refractivity contribution in [2.24, 2.45) is 0 Å². The third-order valence-electron chi connectivity index (χ3n) is 5.26. The molecule has 0 bridgehead atoms. The van der Waals surface area contributed by atoms with Crippen molar-refractivity contribution in [3.05, 3.63) is 48.3 Å². The largest absolute Gasteiger partial charge is 0.378 e. The fourth-order valence-electron chi connectivity index (χ4n) is 3.71. The highest BCUT2D eigenvalue weighted by atomic mass is 16.5. The van der Waals surface area contributed by atoms with Gasteiger partial charge >= 0.3 is 0 Å². The van der Waals surface area contributed by atoms with Crippen LogP contribution in [0.3, 0.4) is 0 Å². The van der Waals surface area contributed by atoms with Gasteiger partial charge in [-0.15, -0.1) is 0 Å². The molecule has 7 nitrogen and oxygen atoms in total. The first-order chi connectivity index (χ1) is 14.2. The summed E-state index contributed by atoms with van der Waals surface area (Å²) in [4.78, 5) is 11.6. The Labute approximate surface area is 168 Å². The Kier molecular flexibility index (Phi) is 4.52. The lowest BCUT2D eigenvalue weighted by atomic mass is 10.0. The van der Waals surface area contributed by atoms with Crippen molar-refractivity contribution in [2.75, 3.05) is 36.5 Å². The number of benzene rings is 2. The molecule has 2 aromatic heterocycles. The summed E-state index contributed by atoms with van der Waals surface area (Å²) in [6, 6.07) is 12.2. The second kappa shape index (κ2) is 7.33. The number of aromatic nitrogens is 3. The molecular weight excluding hydrogens is 366 g/mol. The van der Waals surface area contributed by atoms with Gasteiger partial charge in [0, 0.05) is 36.0 Å². The summed E-state index contributed by atoms with van der Waals surface area (Å²) < 4.78 is 10.9. The molecule has 2 aromatic carbocycles. The average molecular weight is 389 g/mol. The molecule has 0 unspecified atom stereocenters. The molecule has 1 aliphatic rings. The minimum Gasteiger partial charge on any atom is -0.378 e. The molecule has 1 N–H and O–H groups in total. The summed E-state index contributed by atoms with van der Waals surface area (Å²) in [6.45, 7) is 7.61. The molecule has 0 aliphatic carbocycles. The number of nitrogens with one attached hydrogen (secondary N) is 1. The van der Waals surface area contributed by atoms with E-state index in [4.69, 9.17) is 14.2 Å². The van der Waals surface area contributed by atoms with Crippen LogP contribution in [-0.4, -0.2) is 41.4 Å². The molecule has 5 rings (SSSR count). The van der Waals surface area contributed by atoms with Gasteiger partial charge in [0.25, 0.3) is 0 Å². The number of anilines is 3. The summed E-state index contributed by atoms with van der Waals surface area (Å²) in [5, 5.41) is 9.49. The van der Waals surface area contributed by atoms with E-state index in [0.717, 1.165) is 59.6 Å². The zero-order chi connectivity index (χ0) is 19.8. The molecule has 0 saturated carbocycles. The van der Waals surface area contributed by atoms with Gasteiger partial charge in [0.15, 0.2) is 5.58 Å². The lowest BCUT2D eigenvalue weighted by Crippen LogP contribution is -2.36. The SMILES string of the molecule is CC(C)c1noc2ccc3cnc(Nc4ccc(N5CCOCC5)cc4)nc3c12. The van der Waals surface area contributed by atoms with E-state index in [2.05, 4.69) is 58.5 Å². The van der Waals surface area contributed by atoms with Crippen molar-refractivity contribution in [1.29, 1.82) is 0 Å². The molecule has 1 saturated heterocycles. The minimum atomic E-state index is 0.251. The quantitative estimate of drug-likeness (QED) is 0.552. The van der Waals surface area contributed by atoms with Crippen molar-refractivity contribution in [3.8, 4) is 0 Å². The van der Waals surface area contributed by atoms with E-state index in [9.17, 15) is 0 Å². The number of rotatable bonds is 4. The Morgan fingerprint density at radius 3 is 2.59 bits per heavy atom. The van der Waals surface area contributed by atoms with Gasteiger partial charge in [-0.1, -0.05) is 19.0 Å². The van der Waals surface area contributed by atoms with E-state index in [-0.39, 0.29) is 5.92 Å². The maximum Gasteiger partial charge on any atom is 0.227 e. The third-order valence-corrected chi connectivity index (χ3v) is 5.26. The lowest BCUT2D eigenvalue weighted by molar-refractivity contribution is 0.122. The van der Waals surface area contributed by atoms with E-state index >= 15 is 0 Å². The molecule has 3 heterocycles. The van der Waals surface area contributed by atoms with Gasteiger partial charge in [0.05, 0.1) is 29.8 Å². The van der Waals surface area contributed by atoms with E-state index in [1.54, 1.807) is 0 Å². The van der Waals surface area contributed by atoms with Crippen LogP contribution in [0.4, 0.5) is 17.3 Å². The van der Waals surface area contributed by atoms with Gasteiger partial charge in [0.1, 0.15) is 0 Å². The average Bonchev–Trinajstić information content (AvgIpc) is 3.20. The Balaban J connectivity index is 1.46. The fraction of sp³-hybridized carbons (Fsp3) is 0.318. The topological polar surface area (TPSA) is 76.3 Å². The summed E-state index contributed by atoms with van der Waals surface area (Å²) >= 11 is 0. The standard InChI is InChI=1S/C22H23N5O2/c1-14(2)20-19-18(29-26-20)8-3-15-13-23-22(25-21(15)19)24-16-4-6-17(7-5-16)27-9-11-28-12-10-27/h3-8,13-14H,9-12H2,1-2H3,(H,23,24,25). The van der Waals surface area contributed by atoms with E-state index in [1.165, 1.54) is 5.69 Å². The van der Waals surface area contributed by atoms with Crippen LogP contribution >= 0.6 is 0 Å². The molecule has 1 aliphatic heterocycles. The smallest absolute Gasteiger partial charge is 0.227 e. The molecule has 0 radical (unpaired) electrons. The van der Waals surface area contributed by atoms with E-state index < -0.39 is 0 Å².